The van der Waals surface area contributed by atoms with Crippen molar-refractivity contribution < 1.29 is 9.59 Å². The van der Waals surface area contributed by atoms with Crippen LogP contribution in [0, 0.1) is 0 Å². The summed E-state index contributed by atoms with van der Waals surface area (Å²) in [5.41, 5.74) is 0.843. The second kappa shape index (κ2) is 12.5. The van der Waals surface area contributed by atoms with Crippen molar-refractivity contribution >= 4 is 11.8 Å². The molecule has 2 amide bonds. The standard InChI is InChI=1S/C19H31N3O2/c1-3-5-7-9-13-20-18(23)16-11-12-17(22-15-16)19(24)21-14-10-8-6-4-2/h11-12,15H,3-10,13-14H2,1-2H3,(H,20,23)(H,21,24). The van der Waals surface area contributed by atoms with E-state index in [-0.39, 0.29) is 11.8 Å². The van der Waals surface area contributed by atoms with Gasteiger partial charge in [-0.25, -0.2) is 0 Å². The first-order valence-corrected chi connectivity index (χ1v) is 9.21. The smallest absolute Gasteiger partial charge is 0.269 e. The summed E-state index contributed by atoms with van der Waals surface area (Å²) in [5.74, 6) is -0.316. The maximum absolute atomic E-state index is 12.0. The Kier molecular flexibility index (Phi) is 10.5. The van der Waals surface area contributed by atoms with Gasteiger partial charge < -0.3 is 10.6 Å². The fourth-order valence-corrected chi connectivity index (χ4v) is 2.36. The number of pyridine rings is 1. The third kappa shape index (κ3) is 8.09. The zero-order valence-electron chi connectivity index (χ0n) is 15.1. The predicted octanol–water partition coefficient (Wildman–Crippen LogP) is 3.70. The van der Waals surface area contributed by atoms with Crippen molar-refractivity contribution in [2.24, 2.45) is 0 Å². The molecule has 0 saturated heterocycles. The van der Waals surface area contributed by atoms with Crippen molar-refractivity contribution in [3.05, 3.63) is 29.6 Å². The highest BCUT2D eigenvalue weighted by Gasteiger charge is 2.09. The van der Waals surface area contributed by atoms with E-state index in [0.29, 0.717) is 24.3 Å². The van der Waals surface area contributed by atoms with E-state index in [1.54, 1.807) is 12.1 Å². The molecule has 0 spiro atoms. The van der Waals surface area contributed by atoms with E-state index < -0.39 is 0 Å². The minimum atomic E-state index is -0.182. The lowest BCUT2D eigenvalue weighted by Gasteiger charge is -2.06. The molecule has 0 bridgehead atoms. The van der Waals surface area contributed by atoms with Gasteiger partial charge in [0.05, 0.1) is 5.56 Å². The monoisotopic (exact) mass is 333 g/mol. The minimum absolute atomic E-state index is 0.134. The Morgan fingerprint density at radius 1 is 0.833 bits per heavy atom. The first-order chi connectivity index (χ1) is 11.7. The highest BCUT2D eigenvalue weighted by molar-refractivity contribution is 5.96. The van der Waals surface area contributed by atoms with E-state index in [1.165, 1.54) is 31.9 Å². The SMILES string of the molecule is CCCCCCNC(=O)c1ccc(C(=O)NCCCCCC)nc1. The third-order valence-corrected chi connectivity index (χ3v) is 3.89. The Balaban J connectivity index is 2.33. The van der Waals surface area contributed by atoms with Crippen LogP contribution in [0.5, 0.6) is 0 Å². The molecule has 2 N–H and O–H groups in total. The van der Waals surface area contributed by atoms with Crippen LogP contribution in [-0.4, -0.2) is 29.9 Å². The molecule has 0 aliphatic heterocycles. The minimum Gasteiger partial charge on any atom is -0.352 e. The number of hydrogen-bond donors (Lipinski definition) is 2. The Morgan fingerprint density at radius 3 is 1.92 bits per heavy atom. The maximum atomic E-state index is 12.0. The number of rotatable bonds is 12. The first-order valence-electron chi connectivity index (χ1n) is 9.21. The molecule has 0 aromatic carbocycles. The molecule has 1 heterocycles. The molecule has 0 aliphatic rings. The average Bonchev–Trinajstić information content (AvgIpc) is 2.61. The molecular weight excluding hydrogens is 302 g/mol. The van der Waals surface area contributed by atoms with Gasteiger partial charge >= 0.3 is 0 Å². The highest BCUT2D eigenvalue weighted by Crippen LogP contribution is 2.03. The second-order valence-electron chi connectivity index (χ2n) is 6.07. The van der Waals surface area contributed by atoms with Crippen molar-refractivity contribution in [3.63, 3.8) is 0 Å². The van der Waals surface area contributed by atoms with Gasteiger partial charge in [-0.2, -0.15) is 0 Å². The van der Waals surface area contributed by atoms with Crippen LogP contribution >= 0.6 is 0 Å². The number of hydrogen-bond acceptors (Lipinski definition) is 3. The summed E-state index contributed by atoms with van der Waals surface area (Å²) in [6.07, 6.45) is 10.4. The summed E-state index contributed by atoms with van der Waals surface area (Å²) < 4.78 is 0. The number of aromatic nitrogens is 1. The van der Waals surface area contributed by atoms with Gasteiger partial charge in [-0.1, -0.05) is 52.4 Å². The van der Waals surface area contributed by atoms with Crippen molar-refractivity contribution in [1.82, 2.24) is 15.6 Å². The molecule has 5 nitrogen and oxygen atoms in total. The Hall–Kier alpha value is -1.91. The van der Waals surface area contributed by atoms with Gasteiger partial charge in [0.1, 0.15) is 5.69 Å². The van der Waals surface area contributed by atoms with Gasteiger partial charge in [0.15, 0.2) is 0 Å². The van der Waals surface area contributed by atoms with Gasteiger partial charge in [0.25, 0.3) is 11.8 Å². The van der Waals surface area contributed by atoms with Gasteiger partial charge in [0.2, 0.25) is 0 Å². The van der Waals surface area contributed by atoms with E-state index >= 15 is 0 Å². The van der Waals surface area contributed by atoms with Crippen LogP contribution in [0.25, 0.3) is 0 Å². The van der Waals surface area contributed by atoms with Crippen LogP contribution in [0.1, 0.15) is 86.1 Å². The number of unbranched alkanes of at least 4 members (excludes halogenated alkanes) is 6. The normalized spacial score (nSPS) is 10.4. The van der Waals surface area contributed by atoms with Crippen molar-refractivity contribution in [2.45, 2.75) is 65.2 Å². The molecule has 0 saturated carbocycles. The summed E-state index contributed by atoms with van der Waals surface area (Å²) in [6.45, 7) is 5.66. The summed E-state index contributed by atoms with van der Waals surface area (Å²) in [6, 6.07) is 3.26. The fourth-order valence-electron chi connectivity index (χ4n) is 2.36. The van der Waals surface area contributed by atoms with E-state index in [0.717, 1.165) is 25.7 Å². The Morgan fingerprint density at radius 2 is 1.42 bits per heavy atom. The van der Waals surface area contributed by atoms with Gasteiger partial charge in [-0.15, -0.1) is 0 Å². The van der Waals surface area contributed by atoms with E-state index in [9.17, 15) is 9.59 Å². The number of carbonyl (C=O) groups excluding carboxylic acids is 2. The molecule has 0 unspecified atom stereocenters. The molecule has 1 rings (SSSR count). The van der Waals surface area contributed by atoms with Crippen LogP contribution in [0.4, 0.5) is 0 Å². The number of nitrogens with zero attached hydrogens (tertiary/aromatic N) is 1. The molecule has 24 heavy (non-hydrogen) atoms. The molecule has 1 aromatic rings. The number of amides is 2. The summed E-state index contributed by atoms with van der Waals surface area (Å²) in [4.78, 5) is 28.0. The van der Waals surface area contributed by atoms with Crippen molar-refractivity contribution in [3.8, 4) is 0 Å². The topological polar surface area (TPSA) is 71.1 Å². The highest BCUT2D eigenvalue weighted by atomic mass is 16.2. The third-order valence-electron chi connectivity index (χ3n) is 3.89. The van der Waals surface area contributed by atoms with E-state index in [1.807, 2.05) is 0 Å². The lowest BCUT2D eigenvalue weighted by molar-refractivity contribution is 0.0937. The molecule has 1 aromatic heterocycles. The zero-order valence-corrected chi connectivity index (χ0v) is 15.1. The summed E-state index contributed by atoms with van der Waals surface area (Å²) in [5, 5.41) is 5.74. The molecule has 134 valence electrons. The quantitative estimate of drug-likeness (QED) is 0.573. The molecular formula is C19H31N3O2. The van der Waals surface area contributed by atoms with Crippen LogP contribution in [0.2, 0.25) is 0 Å². The Labute approximate surface area is 145 Å². The average molecular weight is 333 g/mol. The zero-order chi connectivity index (χ0) is 17.6. The largest absolute Gasteiger partial charge is 0.352 e. The van der Waals surface area contributed by atoms with Crippen LogP contribution in [0.15, 0.2) is 18.3 Å². The molecule has 5 heteroatoms. The molecule has 0 fully saturated rings. The van der Waals surface area contributed by atoms with E-state index in [4.69, 9.17) is 0 Å². The van der Waals surface area contributed by atoms with Crippen molar-refractivity contribution in [1.29, 1.82) is 0 Å². The van der Waals surface area contributed by atoms with Gasteiger partial charge in [-0.3, -0.25) is 14.6 Å². The van der Waals surface area contributed by atoms with Gasteiger partial charge in [-0.05, 0) is 25.0 Å². The lowest BCUT2D eigenvalue weighted by atomic mass is 10.2. The Bertz CT molecular complexity index is 441. The van der Waals surface area contributed by atoms with Crippen LogP contribution in [-0.2, 0) is 0 Å². The summed E-state index contributed by atoms with van der Waals surface area (Å²) >= 11 is 0. The van der Waals surface area contributed by atoms with E-state index in [2.05, 4.69) is 29.5 Å². The lowest BCUT2D eigenvalue weighted by Crippen LogP contribution is -2.27. The van der Waals surface area contributed by atoms with Crippen molar-refractivity contribution in [2.75, 3.05) is 13.1 Å². The summed E-state index contributed by atoms with van der Waals surface area (Å²) in [7, 11) is 0. The molecule has 0 radical (unpaired) electrons. The van der Waals surface area contributed by atoms with Crippen LogP contribution in [0.3, 0.4) is 0 Å². The van der Waals surface area contributed by atoms with Crippen LogP contribution < -0.4 is 10.6 Å². The predicted molar refractivity (Wildman–Crippen MR) is 97.2 cm³/mol. The first kappa shape index (κ1) is 20.1. The molecule has 0 atom stereocenters. The fraction of sp³-hybridized carbons (Fsp3) is 0.632. The second-order valence-corrected chi connectivity index (χ2v) is 6.07. The van der Waals surface area contributed by atoms with Gasteiger partial charge in [0, 0.05) is 19.3 Å². The number of nitrogens with one attached hydrogen (secondary N) is 2. The number of carbonyl (C=O) groups is 2. The maximum Gasteiger partial charge on any atom is 0.269 e. The molecule has 0 aliphatic carbocycles.